The minimum absolute atomic E-state index is 0.0817. The molecule has 1 aromatic carbocycles. The number of hydrogen-bond donors (Lipinski definition) is 0. The maximum atomic E-state index is 13.5. The van der Waals surface area contributed by atoms with Gasteiger partial charge >= 0.3 is 5.97 Å². The molecule has 0 aliphatic rings. The molecule has 0 fully saturated rings. The Bertz CT molecular complexity index is 881. The van der Waals surface area contributed by atoms with E-state index in [9.17, 15) is 13.6 Å². The normalized spacial score (nSPS) is 10.9. The maximum absolute atomic E-state index is 13.5. The van der Waals surface area contributed by atoms with E-state index >= 15 is 0 Å². The van der Waals surface area contributed by atoms with E-state index in [1.165, 1.54) is 12.3 Å². The van der Waals surface area contributed by atoms with Crippen LogP contribution in [0.3, 0.4) is 0 Å². The van der Waals surface area contributed by atoms with Crippen LogP contribution in [0.4, 0.5) is 8.78 Å². The molecule has 0 aliphatic carbocycles. The van der Waals surface area contributed by atoms with Crippen LogP contribution in [-0.4, -0.2) is 32.3 Å². The second-order valence-corrected chi connectivity index (χ2v) is 4.98. The molecular weight excluding hydrogens is 330 g/mol. The molecule has 0 spiro atoms. The summed E-state index contributed by atoms with van der Waals surface area (Å²) in [6.07, 6.45) is -0.410. The first-order chi connectivity index (χ1) is 12.1. The number of benzene rings is 1. The second-order valence-electron chi connectivity index (χ2n) is 4.98. The van der Waals surface area contributed by atoms with Crippen LogP contribution in [0.2, 0.25) is 0 Å². The van der Waals surface area contributed by atoms with Crippen molar-refractivity contribution in [3.8, 4) is 17.2 Å². The molecule has 128 valence electrons. The number of aromatic nitrogens is 4. The molecule has 6 nitrogen and oxygen atoms in total. The monoisotopic (exact) mass is 344 g/mol. The molecule has 3 aromatic rings. The van der Waals surface area contributed by atoms with Gasteiger partial charge in [-0.2, -0.15) is 5.10 Å². The number of rotatable bonds is 5. The van der Waals surface area contributed by atoms with Crippen LogP contribution in [0, 0.1) is 0 Å². The molecule has 2 heterocycles. The van der Waals surface area contributed by atoms with Crippen LogP contribution >= 0.6 is 0 Å². The molecule has 2 aromatic heterocycles. The molecule has 0 radical (unpaired) electrons. The summed E-state index contributed by atoms with van der Waals surface area (Å²) in [4.78, 5) is 20.3. The van der Waals surface area contributed by atoms with Gasteiger partial charge in [0.25, 0.3) is 6.43 Å². The van der Waals surface area contributed by atoms with E-state index < -0.39 is 18.1 Å². The van der Waals surface area contributed by atoms with Crippen molar-refractivity contribution in [2.75, 3.05) is 6.61 Å². The summed E-state index contributed by atoms with van der Waals surface area (Å²) >= 11 is 0. The fraction of sp³-hybridized carbons (Fsp3) is 0.176. The summed E-state index contributed by atoms with van der Waals surface area (Å²) in [5.74, 6) is -0.340. The van der Waals surface area contributed by atoms with Crippen LogP contribution in [0.5, 0.6) is 0 Å². The highest BCUT2D eigenvalue weighted by Crippen LogP contribution is 2.26. The Morgan fingerprint density at radius 3 is 2.68 bits per heavy atom. The van der Waals surface area contributed by atoms with Gasteiger partial charge < -0.3 is 4.74 Å². The lowest BCUT2D eigenvalue weighted by molar-refractivity contribution is 0.0514. The van der Waals surface area contributed by atoms with Gasteiger partial charge in [-0.25, -0.2) is 28.2 Å². The largest absolute Gasteiger partial charge is 0.462 e. The number of ether oxygens (including phenoxy) is 1. The Morgan fingerprint density at radius 2 is 2.00 bits per heavy atom. The predicted molar refractivity (Wildman–Crippen MR) is 85.5 cm³/mol. The first-order valence-electron chi connectivity index (χ1n) is 7.53. The van der Waals surface area contributed by atoms with E-state index in [-0.39, 0.29) is 18.0 Å². The summed E-state index contributed by atoms with van der Waals surface area (Å²) in [7, 11) is 0. The smallest absolute Gasteiger partial charge is 0.341 e. The first kappa shape index (κ1) is 16.7. The summed E-state index contributed by atoms with van der Waals surface area (Å²) < 4.78 is 32.8. The standard InChI is InChI=1S/C17H14F2N4O2/c1-2-25-17(24)12-10-21-23(14(12)15(18)19)13-8-9-20-16(22-13)11-6-4-3-5-7-11/h3-10,15H,2H2,1H3. The van der Waals surface area contributed by atoms with Crippen molar-refractivity contribution < 1.29 is 18.3 Å². The van der Waals surface area contributed by atoms with Gasteiger partial charge in [-0.15, -0.1) is 0 Å². The van der Waals surface area contributed by atoms with Gasteiger partial charge in [0.05, 0.1) is 12.8 Å². The molecule has 25 heavy (non-hydrogen) atoms. The predicted octanol–water partition coefficient (Wildman–Crippen LogP) is 3.44. The molecule has 8 heteroatoms. The molecule has 0 amide bonds. The average molecular weight is 344 g/mol. The van der Waals surface area contributed by atoms with E-state index in [1.807, 2.05) is 18.2 Å². The van der Waals surface area contributed by atoms with Gasteiger partial charge in [0.2, 0.25) is 0 Å². The third-order valence-corrected chi connectivity index (χ3v) is 3.40. The SMILES string of the molecule is CCOC(=O)c1cnn(-c2ccnc(-c3ccccc3)n2)c1C(F)F. The van der Waals surface area contributed by atoms with Gasteiger partial charge in [-0.1, -0.05) is 30.3 Å². The van der Waals surface area contributed by atoms with E-state index in [0.29, 0.717) is 5.82 Å². The minimum atomic E-state index is -2.92. The number of carbonyl (C=O) groups is 1. The van der Waals surface area contributed by atoms with Crippen molar-refractivity contribution >= 4 is 5.97 Å². The van der Waals surface area contributed by atoms with Gasteiger partial charge in [0.1, 0.15) is 11.3 Å². The Balaban J connectivity index is 2.07. The van der Waals surface area contributed by atoms with Gasteiger partial charge in [-0.3, -0.25) is 0 Å². The summed E-state index contributed by atoms with van der Waals surface area (Å²) in [6, 6.07) is 10.5. The van der Waals surface area contributed by atoms with Crippen LogP contribution in [-0.2, 0) is 4.74 Å². The number of carbonyl (C=O) groups excluding carboxylic acids is 1. The molecule has 0 saturated heterocycles. The third kappa shape index (κ3) is 3.37. The Morgan fingerprint density at radius 1 is 1.24 bits per heavy atom. The van der Waals surface area contributed by atoms with E-state index in [4.69, 9.17) is 4.74 Å². The summed E-state index contributed by atoms with van der Waals surface area (Å²) in [5, 5.41) is 3.89. The van der Waals surface area contributed by atoms with Crippen LogP contribution < -0.4 is 0 Å². The average Bonchev–Trinajstić information content (AvgIpc) is 3.08. The number of hydrogen-bond acceptors (Lipinski definition) is 5. The van der Waals surface area contributed by atoms with E-state index in [1.54, 1.807) is 19.1 Å². The number of alkyl halides is 2. The van der Waals surface area contributed by atoms with Crippen molar-refractivity contribution in [2.45, 2.75) is 13.3 Å². The zero-order chi connectivity index (χ0) is 17.8. The molecule has 0 atom stereocenters. The van der Waals surface area contributed by atoms with Gasteiger partial charge in [0, 0.05) is 17.8 Å². The maximum Gasteiger partial charge on any atom is 0.341 e. The first-order valence-corrected chi connectivity index (χ1v) is 7.53. The molecular formula is C17H14F2N4O2. The highest BCUT2D eigenvalue weighted by molar-refractivity contribution is 5.90. The minimum Gasteiger partial charge on any atom is -0.462 e. The van der Waals surface area contributed by atoms with Gasteiger partial charge in [-0.05, 0) is 6.92 Å². The van der Waals surface area contributed by atoms with Crippen LogP contribution in [0.15, 0.2) is 48.8 Å². The quantitative estimate of drug-likeness (QED) is 0.663. The zero-order valence-electron chi connectivity index (χ0n) is 13.3. The van der Waals surface area contributed by atoms with E-state index in [2.05, 4.69) is 15.1 Å². The number of nitrogens with zero attached hydrogens (tertiary/aromatic N) is 4. The Labute approximate surface area is 142 Å². The molecule has 0 bridgehead atoms. The van der Waals surface area contributed by atoms with Crippen molar-refractivity contribution in [1.29, 1.82) is 0 Å². The molecule has 0 unspecified atom stereocenters. The zero-order valence-corrected chi connectivity index (χ0v) is 13.3. The molecule has 0 N–H and O–H groups in total. The van der Waals surface area contributed by atoms with E-state index in [0.717, 1.165) is 16.4 Å². The summed E-state index contributed by atoms with van der Waals surface area (Å²) in [6.45, 7) is 1.68. The fourth-order valence-corrected chi connectivity index (χ4v) is 2.31. The lowest BCUT2D eigenvalue weighted by atomic mass is 10.2. The number of halogens is 2. The number of esters is 1. The highest BCUT2D eigenvalue weighted by Gasteiger charge is 2.26. The Hall–Kier alpha value is -3.16. The van der Waals surface area contributed by atoms with Crippen LogP contribution in [0.25, 0.3) is 17.2 Å². The molecule has 3 rings (SSSR count). The molecule has 0 aliphatic heterocycles. The summed E-state index contributed by atoms with van der Waals surface area (Å²) in [5.41, 5.74) is -0.103. The topological polar surface area (TPSA) is 69.9 Å². The van der Waals surface area contributed by atoms with Crippen molar-refractivity contribution in [2.24, 2.45) is 0 Å². The third-order valence-electron chi connectivity index (χ3n) is 3.40. The van der Waals surface area contributed by atoms with Crippen LogP contribution in [0.1, 0.15) is 29.4 Å². The second kappa shape index (κ2) is 7.16. The lowest BCUT2D eigenvalue weighted by Crippen LogP contribution is -2.11. The van der Waals surface area contributed by atoms with Gasteiger partial charge in [0.15, 0.2) is 11.6 Å². The molecule has 0 saturated carbocycles. The lowest BCUT2D eigenvalue weighted by Gasteiger charge is -2.09. The van der Waals surface area contributed by atoms with Crippen molar-refractivity contribution in [3.63, 3.8) is 0 Å². The van der Waals surface area contributed by atoms with Crippen molar-refractivity contribution in [3.05, 3.63) is 60.0 Å². The Kier molecular flexibility index (Phi) is 4.78. The van der Waals surface area contributed by atoms with Crippen molar-refractivity contribution in [1.82, 2.24) is 19.7 Å². The highest BCUT2D eigenvalue weighted by atomic mass is 19.3. The fourth-order valence-electron chi connectivity index (χ4n) is 2.31.